The Morgan fingerprint density at radius 1 is 0.697 bits per heavy atom. The van der Waals surface area contributed by atoms with Gasteiger partial charge in [0.05, 0.1) is 22.3 Å². The van der Waals surface area contributed by atoms with Crippen LogP contribution in [-0.4, -0.2) is 41.0 Å². The van der Waals surface area contributed by atoms with Crippen molar-refractivity contribution in [1.82, 2.24) is 5.32 Å². The molecule has 0 aliphatic rings. The average molecular weight is 448 g/mol. The molecule has 0 aliphatic carbocycles. The fourth-order valence-electron chi connectivity index (χ4n) is 3.01. The molecule has 3 aromatic rings. The molecule has 0 saturated heterocycles. The van der Waals surface area contributed by atoms with E-state index < -0.39 is 34.9 Å². The highest BCUT2D eigenvalue weighted by Gasteiger charge is 2.25. The lowest BCUT2D eigenvalue weighted by atomic mass is 9.97. The Bertz CT molecular complexity index is 1230. The SMILES string of the molecule is CNC(=O)c1cc(C(=O)Nc2ccc(Oc3ccc(C)cc3)cc2)c(C(=O)O)cc1C(=O)O. The molecule has 0 bridgehead atoms. The minimum absolute atomic E-state index is 0.331. The molecule has 9 nitrogen and oxygen atoms in total. The molecule has 168 valence electrons. The summed E-state index contributed by atoms with van der Waals surface area (Å²) in [5.41, 5.74) is -0.320. The van der Waals surface area contributed by atoms with Crippen molar-refractivity contribution in [3.8, 4) is 11.5 Å². The molecule has 0 radical (unpaired) electrons. The van der Waals surface area contributed by atoms with Gasteiger partial charge in [0.25, 0.3) is 11.8 Å². The molecule has 0 atom stereocenters. The smallest absolute Gasteiger partial charge is 0.336 e. The molecule has 3 rings (SSSR count). The Morgan fingerprint density at radius 3 is 1.64 bits per heavy atom. The van der Waals surface area contributed by atoms with Gasteiger partial charge in [-0.05, 0) is 55.5 Å². The van der Waals surface area contributed by atoms with Gasteiger partial charge in [-0.3, -0.25) is 9.59 Å². The molecule has 2 amide bonds. The van der Waals surface area contributed by atoms with E-state index in [4.69, 9.17) is 4.74 Å². The van der Waals surface area contributed by atoms with Crippen LogP contribution in [-0.2, 0) is 0 Å². The number of ether oxygens (including phenoxy) is 1. The lowest BCUT2D eigenvalue weighted by Crippen LogP contribution is -2.24. The topological polar surface area (TPSA) is 142 Å². The monoisotopic (exact) mass is 448 g/mol. The maximum Gasteiger partial charge on any atom is 0.336 e. The van der Waals surface area contributed by atoms with Gasteiger partial charge in [-0.1, -0.05) is 17.7 Å². The first-order valence-corrected chi connectivity index (χ1v) is 9.72. The minimum Gasteiger partial charge on any atom is -0.478 e. The summed E-state index contributed by atoms with van der Waals surface area (Å²) in [5, 5.41) is 23.6. The zero-order valence-electron chi connectivity index (χ0n) is 17.7. The Balaban J connectivity index is 1.87. The van der Waals surface area contributed by atoms with Gasteiger partial charge < -0.3 is 25.6 Å². The standard InChI is InChI=1S/C24H20N2O7/c1-13-3-7-15(8-4-13)33-16-9-5-14(6-10-16)26-22(28)18-11-17(21(27)25-2)19(23(29)30)12-20(18)24(31)32/h3-12H,1-2H3,(H,25,27)(H,26,28)(H,29,30)(H,31,32). The van der Waals surface area contributed by atoms with Crippen LogP contribution in [0.25, 0.3) is 0 Å². The Labute approximate surface area is 188 Å². The Kier molecular flexibility index (Phi) is 6.73. The highest BCUT2D eigenvalue weighted by Crippen LogP contribution is 2.24. The maximum absolute atomic E-state index is 12.8. The summed E-state index contributed by atoms with van der Waals surface area (Å²) in [6, 6.07) is 15.6. The van der Waals surface area contributed by atoms with Crippen LogP contribution in [0.4, 0.5) is 5.69 Å². The third-order valence-electron chi connectivity index (χ3n) is 4.70. The van der Waals surface area contributed by atoms with Crippen LogP contribution in [0.15, 0.2) is 60.7 Å². The van der Waals surface area contributed by atoms with Crippen LogP contribution in [0.1, 0.15) is 47.0 Å². The molecule has 0 spiro atoms. The van der Waals surface area contributed by atoms with Crippen LogP contribution < -0.4 is 15.4 Å². The number of hydrogen-bond acceptors (Lipinski definition) is 5. The largest absolute Gasteiger partial charge is 0.478 e. The van der Waals surface area contributed by atoms with E-state index in [9.17, 15) is 29.4 Å². The quantitative estimate of drug-likeness (QED) is 0.431. The number of aromatic carboxylic acids is 2. The van der Waals surface area contributed by atoms with Crippen molar-refractivity contribution < 1.29 is 34.1 Å². The van der Waals surface area contributed by atoms with E-state index in [1.165, 1.54) is 7.05 Å². The van der Waals surface area contributed by atoms with Crippen molar-refractivity contribution in [2.45, 2.75) is 6.92 Å². The first-order chi connectivity index (χ1) is 15.7. The van der Waals surface area contributed by atoms with Crippen LogP contribution in [0.5, 0.6) is 11.5 Å². The van der Waals surface area contributed by atoms with E-state index in [1.807, 2.05) is 31.2 Å². The first kappa shape index (κ1) is 23.0. The van der Waals surface area contributed by atoms with Gasteiger partial charge in [-0.25, -0.2) is 9.59 Å². The number of amides is 2. The second-order valence-corrected chi connectivity index (χ2v) is 7.03. The molecule has 0 saturated carbocycles. The Morgan fingerprint density at radius 2 is 1.15 bits per heavy atom. The van der Waals surface area contributed by atoms with Crippen molar-refractivity contribution in [2.24, 2.45) is 0 Å². The van der Waals surface area contributed by atoms with E-state index in [-0.39, 0.29) is 11.1 Å². The number of carbonyl (C=O) groups is 4. The molecule has 0 fully saturated rings. The Hall–Kier alpha value is -4.66. The molecule has 3 aromatic carbocycles. The van der Waals surface area contributed by atoms with Gasteiger partial charge in [-0.15, -0.1) is 0 Å². The first-order valence-electron chi connectivity index (χ1n) is 9.72. The molecule has 33 heavy (non-hydrogen) atoms. The van der Waals surface area contributed by atoms with Gasteiger partial charge in [0.1, 0.15) is 11.5 Å². The second kappa shape index (κ2) is 9.65. The van der Waals surface area contributed by atoms with E-state index in [0.29, 0.717) is 17.2 Å². The number of hydrogen-bond donors (Lipinski definition) is 4. The summed E-state index contributed by atoms with van der Waals surface area (Å²) in [6.45, 7) is 1.96. The van der Waals surface area contributed by atoms with Gasteiger partial charge in [-0.2, -0.15) is 0 Å². The van der Waals surface area contributed by atoms with Crippen LogP contribution in [0, 0.1) is 6.92 Å². The fourth-order valence-corrected chi connectivity index (χ4v) is 3.01. The van der Waals surface area contributed by atoms with Crippen LogP contribution in [0.3, 0.4) is 0 Å². The van der Waals surface area contributed by atoms with Crippen molar-refractivity contribution in [2.75, 3.05) is 12.4 Å². The lowest BCUT2D eigenvalue weighted by molar-refractivity contribution is 0.0689. The summed E-state index contributed by atoms with van der Waals surface area (Å²) in [4.78, 5) is 48.0. The second-order valence-electron chi connectivity index (χ2n) is 7.03. The third-order valence-corrected chi connectivity index (χ3v) is 4.70. The number of carbonyl (C=O) groups excluding carboxylic acids is 2. The van der Waals surface area contributed by atoms with Crippen molar-refractivity contribution in [3.05, 3.63) is 88.5 Å². The molecular formula is C24H20N2O7. The molecule has 4 N–H and O–H groups in total. The van der Waals surface area contributed by atoms with Crippen LogP contribution >= 0.6 is 0 Å². The van der Waals surface area contributed by atoms with Gasteiger partial charge in [0.2, 0.25) is 0 Å². The normalized spacial score (nSPS) is 10.2. The molecule has 0 aromatic heterocycles. The molecule has 0 heterocycles. The zero-order chi connectivity index (χ0) is 24.1. The highest BCUT2D eigenvalue weighted by molar-refractivity contribution is 6.14. The maximum atomic E-state index is 12.8. The minimum atomic E-state index is -1.51. The predicted molar refractivity (Wildman–Crippen MR) is 119 cm³/mol. The number of nitrogens with one attached hydrogen (secondary N) is 2. The fraction of sp³-hybridized carbons (Fsp3) is 0.0833. The van der Waals surface area contributed by atoms with Gasteiger partial charge in [0, 0.05) is 12.7 Å². The van der Waals surface area contributed by atoms with Crippen LogP contribution in [0.2, 0.25) is 0 Å². The van der Waals surface area contributed by atoms with Crippen molar-refractivity contribution >= 4 is 29.4 Å². The summed E-state index contributed by atoms with van der Waals surface area (Å²) in [5.74, 6) is -3.42. The van der Waals surface area contributed by atoms with Crippen molar-refractivity contribution in [1.29, 1.82) is 0 Å². The molecule has 0 aliphatic heterocycles. The summed E-state index contributed by atoms with van der Waals surface area (Å²) in [6.07, 6.45) is 0. The highest BCUT2D eigenvalue weighted by atomic mass is 16.5. The summed E-state index contributed by atoms with van der Waals surface area (Å²) in [7, 11) is 1.29. The number of carboxylic acid groups (broad SMARTS) is 2. The van der Waals surface area contributed by atoms with Gasteiger partial charge in [0.15, 0.2) is 0 Å². The van der Waals surface area contributed by atoms with E-state index in [0.717, 1.165) is 17.7 Å². The number of anilines is 1. The zero-order valence-corrected chi connectivity index (χ0v) is 17.7. The summed E-state index contributed by atoms with van der Waals surface area (Å²) >= 11 is 0. The number of carboxylic acids is 2. The van der Waals surface area contributed by atoms with E-state index in [2.05, 4.69) is 10.6 Å². The average Bonchev–Trinajstić information content (AvgIpc) is 2.80. The number of benzene rings is 3. The molecule has 9 heteroatoms. The molecular weight excluding hydrogens is 428 g/mol. The van der Waals surface area contributed by atoms with E-state index in [1.54, 1.807) is 24.3 Å². The van der Waals surface area contributed by atoms with Crippen molar-refractivity contribution in [3.63, 3.8) is 0 Å². The van der Waals surface area contributed by atoms with E-state index >= 15 is 0 Å². The molecule has 0 unspecified atom stereocenters. The summed E-state index contributed by atoms with van der Waals surface area (Å²) < 4.78 is 5.73. The third kappa shape index (κ3) is 5.34. The number of aryl methyl sites for hydroxylation is 1. The lowest BCUT2D eigenvalue weighted by Gasteiger charge is -2.13. The van der Waals surface area contributed by atoms with Gasteiger partial charge >= 0.3 is 11.9 Å². The predicted octanol–water partition coefficient (Wildman–Crippen LogP) is 3.80. The number of rotatable bonds is 7.